The number of esters is 2. The summed E-state index contributed by atoms with van der Waals surface area (Å²) >= 11 is 0. The van der Waals surface area contributed by atoms with Crippen LogP contribution in [0.4, 0.5) is 0 Å². The topological polar surface area (TPSA) is 88.1 Å². The lowest BCUT2D eigenvalue weighted by molar-refractivity contribution is -0.139. The molecule has 7 nitrogen and oxygen atoms in total. The van der Waals surface area contributed by atoms with Crippen molar-refractivity contribution in [2.45, 2.75) is 111 Å². The van der Waals surface area contributed by atoms with Gasteiger partial charge in [0.25, 0.3) is 0 Å². The molecule has 0 spiro atoms. The van der Waals surface area contributed by atoms with E-state index in [0.717, 1.165) is 82.6 Å². The first kappa shape index (κ1) is 36.8. The van der Waals surface area contributed by atoms with Crippen molar-refractivity contribution < 1.29 is 32.7 Å². The van der Waals surface area contributed by atoms with Gasteiger partial charge in [0, 0.05) is 11.1 Å². The number of unbranched alkanes of at least 4 members (excludes halogenated alkanes) is 10. The summed E-state index contributed by atoms with van der Waals surface area (Å²) in [4.78, 5) is 22.8. The Labute approximate surface area is 248 Å². The Morgan fingerprint density at radius 3 is 1.41 bits per heavy atom. The molecule has 1 aromatic carbocycles. The van der Waals surface area contributed by atoms with E-state index in [1.807, 2.05) is 24.3 Å². The minimum Gasteiger partial charge on any atom is -0.462 e. The van der Waals surface area contributed by atoms with Gasteiger partial charge in [-0.15, -0.1) is 0 Å². The van der Waals surface area contributed by atoms with Gasteiger partial charge in [-0.05, 0) is 57.1 Å². The molecular formula is C33H53O7P. The lowest BCUT2D eigenvalue weighted by Gasteiger charge is -2.22. The average molecular weight is 593 g/mol. The predicted octanol–water partition coefficient (Wildman–Crippen LogP) is 8.58. The van der Waals surface area contributed by atoms with Crippen LogP contribution < -0.4 is 5.30 Å². The van der Waals surface area contributed by atoms with Crippen LogP contribution in [-0.4, -0.2) is 38.4 Å². The Kier molecular flexibility index (Phi) is 19.3. The first-order chi connectivity index (χ1) is 19.6. The van der Waals surface area contributed by atoms with Gasteiger partial charge in [-0.2, -0.15) is 0 Å². The van der Waals surface area contributed by atoms with Gasteiger partial charge in [-0.3, -0.25) is 4.57 Å². The zero-order valence-corrected chi connectivity index (χ0v) is 26.8. The third-order valence-corrected chi connectivity index (χ3v) is 8.66. The van der Waals surface area contributed by atoms with Crippen LogP contribution in [0.25, 0.3) is 0 Å². The summed E-state index contributed by atoms with van der Waals surface area (Å²) < 4.78 is 36.3. The average Bonchev–Trinajstić information content (AvgIpc) is 2.94. The van der Waals surface area contributed by atoms with Gasteiger partial charge in [-0.25, -0.2) is 9.59 Å². The normalized spacial score (nSPS) is 11.4. The van der Waals surface area contributed by atoms with E-state index in [0.29, 0.717) is 42.9 Å². The van der Waals surface area contributed by atoms with E-state index in [2.05, 4.69) is 27.0 Å². The summed E-state index contributed by atoms with van der Waals surface area (Å²) in [6.07, 6.45) is 11.4. The van der Waals surface area contributed by atoms with Crippen LogP contribution in [0.15, 0.2) is 48.6 Å². The molecule has 0 heterocycles. The summed E-state index contributed by atoms with van der Waals surface area (Å²) in [5, 5.41) is 0.670. The summed E-state index contributed by atoms with van der Waals surface area (Å²) in [6, 6.07) is 7.72. The fourth-order valence-corrected chi connectivity index (χ4v) is 6.18. The van der Waals surface area contributed by atoms with E-state index in [9.17, 15) is 14.2 Å². The van der Waals surface area contributed by atoms with Crippen LogP contribution in [0.5, 0.6) is 0 Å². The van der Waals surface area contributed by atoms with Gasteiger partial charge in [0.1, 0.15) is 0 Å². The Morgan fingerprint density at radius 2 is 1.02 bits per heavy atom. The van der Waals surface area contributed by atoms with E-state index in [4.69, 9.17) is 18.5 Å². The van der Waals surface area contributed by atoms with Crippen molar-refractivity contribution in [2.75, 3.05) is 26.4 Å². The van der Waals surface area contributed by atoms with Crippen molar-refractivity contribution in [3.05, 3.63) is 54.1 Å². The second-order valence-electron chi connectivity index (χ2n) is 11.0. The fourth-order valence-electron chi connectivity index (χ4n) is 4.17. The number of carbonyl (C=O) groups is 2. The fraction of sp³-hybridized carbons (Fsp3) is 0.636. The quantitative estimate of drug-likeness (QED) is 0.0514. The van der Waals surface area contributed by atoms with Crippen molar-refractivity contribution in [3.8, 4) is 0 Å². The third-order valence-electron chi connectivity index (χ3n) is 6.62. The molecule has 0 aliphatic carbocycles. The molecule has 8 heteroatoms. The van der Waals surface area contributed by atoms with Crippen LogP contribution in [-0.2, 0) is 32.7 Å². The third kappa shape index (κ3) is 16.1. The lowest BCUT2D eigenvalue weighted by Crippen LogP contribution is -2.17. The number of hydrogen-bond donors (Lipinski definition) is 0. The predicted molar refractivity (Wildman–Crippen MR) is 167 cm³/mol. The van der Waals surface area contributed by atoms with Crippen LogP contribution in [0, 0.1) is 0 Å². The van der Waals surface area contributed by atoms with Gasteiger partial charge in [0.05, 0.1) is 31.7 Å². The van der Waals surface area contributed by atoms with Gasteiger partial charge in [-0.1, -0.05) is 96.6 Å². The summed E-state index contributed by atoms with van der Waals surface area (Å²) in [5.74, 6) is -0.455. The highest BCUT2D eigenvalue weighted by atomic mass is 31.2. The molecule has 1 aromatic rings. The van der Waals surface area contributed by atoms with E-state index in [1.54, 1.807) is 13.8 Å². The molecule has 232 valence electrons. The van der Waals surface area contributed by atoms with Gasteiger partial charge in [0.15, 0.2) is 0 Å². The maximum absolute atomic E-state index is 14.0. The SMILES string of the molecule is C=C(C)C(=O)OCCCCCCCCOP(=O)(OCCCCCCCCOC(=O)C(=C)C)c1ccccc1C(C)C. The smallest absolute Gasteiger partial charge is 0.361 e. The van der Waals surface area contributed by atoms with Gasteiger partial charge < -0.3 is 18.5 Å². The Morgan fingerprint density at radius 1 is 0.659 bits per heavy atom. The molecule has 0 saturated heterocycles. The Bertz CT molecular complexity index is 936. The molecule has 0 aliphatic rings. The molecule has 41 heavy (non-hydrogen) atoms. The van der Waals surface area contributed by atoms with E-state index in [-0.39, 0.29) is 17.9 Å². The Hall–Kier alpha value is -2.21. The highest BCUT2D eigenvalue weighted by molar-refractivity contribution is 7.62. The van der Waals surface area contributed by atoms with E-state index < -0.39 is 7.60 Å². The Balaban J connectivity index is 2.40. The summed E-state index contributed by atoms with van der Waals surface area (Å²) in [5.41, 5.74) is 1.85. The zero-order valence-electron chi connectivity index (χ0n) is 25.9. The summed E-state index contributed by atoms with van der Waals surface area (Å²) in [6.45, 7) is 16.3. The standard InChI is InChI=1S/C33H53O7P/c1-27(2)30-21-15-16-22-31(30)41(36,39-25-19-13-9-7-11-17-23-37-32(34)28(3)4)40-26-20-14-10-8-12-18-24-38-33(35)29(5)6/h15-16,21-22,27H,3,5,7-14,17-20,23-26H2,1-2,4,6H3. The first-order valence-corrected chi connectivity index (χ1v) is 16.8. The minimum atomic E-state index is -3.45. The molecule has 0 saturated carbocycles. The van der Waals surface area contributed by atoms with E-state index >= 15 is 0 Å². The number of ether oxygens (including phenoxy) is 2. The highest BCUT2D eigenvalue weighted by Gasteiger charge is 2.30. The van der Waals surface area contributed by atoms with Crippen molar-refractivity contribution in [1.82, 2.24) is 0 Å². The van der Waals surface area contributed by atoms with E-state index in [1.165, 1.54) is 0 Å². The van der Waals surface area contributed by atoms with Crippen LogP contribution in [0.3, 0.4) is 0 Å². The molecule has 0 unspecified atom stereocenters. The monoisotopic (exact) mass is 592 g/mol. The second kappa shape index (κ2) is 21.5. The number of benzene rings is 1. The number of hydrogen-bond acceptors (Lipinski definition) is 7. The van der Waals surface area contributed by atoms with Crippen LogP contribution in [0.1, 0.15) is 116 Å². The summed E-state index contributed by atoms with van der Waals surface area (Å²) in [7, 11) is -3.45. The zero-order chi connectivity index (χ0) is 30.5. The number of rotatable bonds is 24. The largest absolute Gasteiger partial charge is 0.462 e. The molecule has 0 aliphatic heterocycles. The maximum Gasteiger partial charge on any atom is 0.361 e. The van der Waals surface area contributed by atoms with Crippen LogP contribution in [0.2, 0.25) is 0 Å². The maximum atomic E-state index is 14.0. The second-order valence-corrected chi connectivity index (χ2v) is 12.9. The van der Waals surface area contributed by atoms with Crippen molar-refractivity contribution >= 4 is 24.8 Å². The minimum absolute atomic E-state index is 0.205. The molecule has 0 fully saturated rings. The molecular weight excluding hydrogens is 539 g/mol. The van der Waals surface area contributed by atoms with Crippen molar-refractivity contribution in [2.24, 2.45) is 0 Å². The van der Waals surface area contributed by atoms with Gasteiger partial charge in [0.2, 0.25) is 0 Å². The molecule has 0 atom stereocenters. The van der Waals surface area contributed by atoms with Gasteiger partial charge >= 0.3 is 19.5 Å². The molecule has 1 rings (SSSR count). The molecule has 0 aromatic heterocycles. The van der Waals surface area contributed by atoms with Crippen LogP contribution >= 0.6 is 7.60 Å². The first-order valence-electron chi connectivity index (χ1n) is 15.2. The van der Waals surface area contributed by atoms with Crippen molar-refractivity contribution in [3.63, 3.8) is 0 Å². The molecule has 0 bridgehead atoms. The van der Waals surface area contributed by atoms with Crippen molar-refractivity contribution in [1.29, 1.82) is 0 Å². The molecule has 0 N–H and O–H groups in total. The molecule has 0 amide bonds. The highest BCUT2D eigenvalue weighted by Crippen LogP contribution is 2.49. The lowest BCUT2D eigenvalue weighted by atomic mass is 10.0. The number of carbonyl (C=O) groups excluding carboxylic acids is 2. The molecule has 0 radical (unpaired) electrons.